The molecule has 9 heteroatoms. The summed E-state index contributed by atoms with van der Waals surface area (Å²) in [6, 6.07) is 4.83. The molecule has 0 amide bonds. The van der Waals surface area contributed by atoms with Gasteiger partial charge in [0.1, 0.15) is 5.15 Å². The average molecular weight is 337 g/mol. The molecule has 3 aromatic rings. The van der Waals surface area contributed by atoms with Crippen LogP contribution in [-0.4, -0.2) is 21.1 Å². The molecule has 3 heterocycles. The Balaban J connectivity index is 1.67. The first-order valence-corrected chi connectivity index (χ1v) is 7.40. The third-order valence-electron chi connectivity index (χ3n) is 2.66. The Labute approximate surface area is 133 Å². The van der Waals surface area contributed by atoms with Gasteiger partial charge in [-0.3, -0.25) is 0 Å². The summed E-state index contributed by atoms with van der Waals surface area (Å²) in [6.07, 6.45) is 0. The van der Waals surface area contributed by atoms with Crippen molar-refractivity contribution in [1.82, 2.24) is 15.1 Å². The topological polar surface area (TPSA) is 104 Å². The van der Waals surface area contributed by atoms with Crippen molar-refractivity contribution in [1.29, 1.82) is 0 Å². The third kappa shape index (κ3) is 3.07. The first-order valence-electron chi connectivity index (χ1n) is 6.08. The van der Waals surface area contributed by atoms with Crippen molar-refractivity contribution >= 4 is 34.6 Å². The van der Waals surface area contributed by atoms with Crippen molar-refractivity contribution in [2.24, 2.45) is 0 Å². The Bertz CT molecular complexity index is 803. The fourth-order valence-corrected chi connectivity index (χ4v) is 2.41. The lowest BCUT2D eigenvalue weighted by atomic mass is 10.3. The molecule has 2 N–H and O–H groups in total. The lowest BCUT2D eigenvalue weighted by Crippen LogP contribution is -2.10. The van der Waals surface area contributed by atoms with E-state index >= 15 is 0 Å². The van der Waals surface area contributed by atoms with E-state index in [4.69, 9.17) is 26.6 Å². The predicted octanol–water partition coefficient (Wildman–Crippen LogP) is 2.79. The van der Waals surface area contributed by atoms with E-state index in [1.807, 2.05) is 16.8 Å². The monoisotopic (exact) mass is 336 g/mol. The maximum absolute atomic E-state index is 11.9. The number of esters is 1. The van der Waals surface area contributed by atoms with Crippen LogP contribution in [0.5, 0.6) is 0 Å². The zero-order chi connectivity index (χ0) is 15.5. The molecule has 112 valence electrons. The van der Waals surface area contributed by atoms with Crippen molar-refractivity contribution in [3.63, 3.8) is 0 Å². The Morgan fingerprint density at radius 2 is 2.23 bits per heavy atom. The molecule has 0 aliphatic carbocycles. The minimum Gasteiger partial charge on any atom is -0.451 e. The minimum atomic E-state index is -0.713. The van der Waals surface area contributed by atoms with Crippen molar-refractivity contribution in [2.75, 3.05) is 5.73 Å². The standard InChI is InChI=1S/C13H9ClN4O3S/c14-9-2-1-8(15)11(16-9)13(19)20-5-10-17-12(18-21-10)7-3-4-22-6-7/h1-4,6H,5,15H2. The summed E-state index contributed by atoms with van der Waals surface area (Å²) in [5.41, 5.74) is 6.62. The van der Waals surface area contributed by atoms with Crippen molar-refractivity contribution in [3.05, 3.63) is 45.7 Å². The van der Waals surface area contributed by atoms with Gasteiger partial charge < -0.3 is 15.0 Å². The second-order valence-electron chi connectivity index (χ2n) is 4.17. The molecule has 0 radical (unpaired) electrons. The number of nitrogen functional groups attached to an aromatic ring is 1. The highest BCUT2D eigenvalue weighted by Gasteiger charge is 2.16. The van der Waals surface area contributed by atoms with Crippen LogP contribution in [0.1, 0.15) is 16.4 Å². The molecule has 0 saturated heterocycles. The van der Waals surface area contributed by atoms with Gasteiger partial charge in [0.05, 0.1) is 5.69 Å². The van der Waals surface area contributed by atoms with Gasteiger partial charge in [-0.05, 0) is 23.6 Å². The number of carbonyl (C=O) groups excluding carboxylic acids is 1. The Kier molecular flexibility index (Phi) is 4.03. The average Bonchev–Trinajstić information content (AvgIpc) is 3.17. The summed E-state index contributed by atoms with van der Waals surface area (Å²) >= 11 is 7.24. The number of ether oxygens (including phenoxy) is 1. The number of carbonyl (C=O) groups is 1. The SMILES string of the molecule is Nc1ccc(Cl)nc1C(=O)OCc1nc(-c2ccsc2)no1. The molecule has 0 fully saturated rings. The van der Waals surface area contributed by atoms with E-state index in [2.05, 4.69) is 15.1 Å². The molecule has 0 aliphatic heterocycles. The van der Waals surface area contributed by atoms with Crippen molar-refractivity contribution in [2.45, 2.75) is 6.61 Å². The number of hydrogen-bond acceptors (Lipinski definition) is 8. The van der Waals surface area contributed by atoms with E-state index in [-0.39, 0.29) is 29.0 Å². The Hall–Kier alpha value is -2.45. The number of pyridine rings is 1. The van der Waals surface area contributed by atoms with Crippen LogP contribution < -0.4 is 5.73 Å². The Morgan fingerprint density at radius 1 is 1.36 bits per heavy atom. The largest absolute Gasteiger partial charge is 0.451 e. The molecule has 22 heavy (non-hydrogen) atoms. The molecule has 0 spiro atoms. The first kappa shape index (κ1) is 14.5. The molecule has 0 atom stereocenters. The second kappa shape index (κ2) is 6.12. The summed E-state index contributed by atoms with van der Waals surface area (Å²) in [5.74, 6) is -0.0990. The minimum absolute atomic E-state index is 0.0509. The van der Waals surface area contributed by atoms with E-state index in [1.54, 1.807) is 0 Å². The van der Waals surface area contributed by atoms with Gasteiger partial charge in [-0.25, -0.2) is 9.78 Å². The smallest absolute Gasteiger partial charge is 0.359 e. The van der Waals surface area contributed by atoms with Gasteiger partial charge in [0.15, 0.2) is 12.3 Å². The van der Waals surface area contributed by atoms with Gasteiger partial charge in [-0.15, -0.1) is 0 Å². The van der Waals surface area contributed by atoms with Crippen LogP contribution in [0.4, 0.5) is 5.69 Å². The maximum Gasteiger partial charge on any atom is 0.359 e. The van der Waals surface area contributed by atoms with Gasteiger partial charge in [-0.2, -0.15) is 16.3 Å². The third-order valence-corrected chi connectivity index (χ3v) is 3.55. The van der Waals surface area contributed by atoms with Crippen LogP contribution in [0.3, 0.4) is 0 Å². The summed E-state index contributed by atoms with van der Waals surface area (Å²) in [6.45, 7) is -0.177. The number of anilines is 1. The van der Waals surface area contributed by atoms with E-state index in [9.17, 15) is 4.79 Å². The first-order chi connectivity index (χ1) is 10.6. The fraction of sp³-hybridized carbons (Fsp3) is 0.0769. The molecule has 7 nitrogen and oxygen atoms in total. The van der Waals surface area contributed by atoms with E-state index in [0.29, 0.717) is 5.82 Å². The number of nitrogens with two attached hydrogens (primary N) is 1. The summed E-state index contributed by atoms with van der Waals surface area (Å²) in [5, 5.41) is 7.75. The molecule has 0 bridgehead atoms. The van der Waals surface area contributed by atoms with Gasteiger partial charge >= 0.3 is 5.97 Å². The maximum atomic E-state index is 11.9. The van der Waals surface area contributed by atoms with Crippen LogP contribution in [-0.2, 0) is 11.3 Å². The van der Waals surface area contributed by atoms with Crippen LogP contribution >= 0.6 is 22.9 Å². The fourth-order valence-electron chi connectivity index (χ4n) is 1.63. The molecule has 3 rings (SSSR count). The zero-order valence-electron chi connectivity index (χ0n) is 11.0. The number of thiophene rings is 1. The highest BCUT2D eigenvalue weighted by Crippen LogP contribution is 2.19. The van der Waals surface area contributed by atoms with Gasteiger partial charge in [-0.1, -0.05) is 16.8 Å². The predicted molar refractivity (Wildman–Crippen MR) is 80.4 cm³/mol. The molecular weight excluding hydrogens is 328 g/mol. The lowest BCUT2D eigenvalue weighted by Gasteiger charge is -2.04. The molecule has 0 unspecified atom stereocenters. The normalized spacial score (nSPS) is 10.6. The number of nitrogens with zero attached hydrogens (tertiary/aromatic N) is 3. The quantitative estimate of drug-likeness (QED) is 0.577. The number of hydrogen-bond donors (Lipinski definition) is 1. The van der Waals surface area contributed by atoms with Crippen molar-refractivity contribution in [3.8, 4) is 11.4 Å². The van der Waals surface area contributed by atoms with Crippen LogP contribution in [0.15, 0.2) is 33.5 Å². The van der Waals surface area contributed by atoms with Gasteiger partial charge in [0.2, 0.25) is 5.82 Å². The van der Waals surface area contributed by atoms with E-state index in [0.717, 1.165) is 5.56 Å². The Morgan fingerprint density at radius 3 is 3.00 bits per heavy atom. The summed E-state index contributed by atoms with van der Waals surface area (Å²) < 4.78 is 10.1. The van der Waals surface area contributed by atoms with Crippen molar-refractivity contribution < 1.29 is 14.1 Å². The van der Waals surface area contributed by atoms with E-state index in [1.165, 1.54) is 23.5 Å². The van der Waals surface area contributed by atoms with Gasteiger partial charge in [0, 0.05) is 10.9 Å². The summed E-state index contributed by atoms with van der Waals surface area (Å²) in [7, 11) is 0. The van der Waals surface area contributed by atoms with Crippen LogP contribution in [0.2, 0.25) is 5.15 Å². The molecule has 0 saturated carbocycles. The zero-order valence-corrected chi connectivity index (χ0v) is 12.6. The molecule has 3 aromatic heterocycles. The summed E-state index contributed by atoms with van der Waals surface area (Å²) in [4.78, 5) is 19.9. The molecular formula is C13H9ClN4O3S. The number of rotatable bonds is 4. The molecule has 0 aromatic carbocycles. The number of halogens is 1. The highest BCUT2D eigenvalue weighted by molar-refractivity contribution is 7.08. The van der Waals surface area contributed by atoms with Crippen LogP contribution in [0.25, 0.3) is 11.4 Å². The second-order valence-corrected chi connectivity index (χ2v) is 5.34. The van der Waals surface area contributed by atoms with Crippen LogP contribution in [0, 0.1) is 0 Å². The van der Waals surface area contributed by atoms with E-state index < -0.39 is 5.97 Å². The molecule has 0 aliphatic rings. The number of aromatic nitrogens is 3. The highest BCUT2D eigenvalue weighted by atomic mass is 35.5. The lowest BCUT2D eigenvalue weighted by molar-refractivity contribution is 0.0424. The van der Waals surface area contributed by atoms with Gasteiger partial charge in [0.25, 0.3) is 5.89 Å².